The van der Waals surface area contributed by atoms with E-state index in [9.17, 15) is 0 Å². The summed E-state index contributed by atoms with van der Waals surface area (Å²) in [7, 11) is 0. The van der Waals surface area contributed by atoms with Crippen molar-refractivity contribution < 1.29 is 5.11 Å². The Bertz CT molecular complexity index is 248. The van der Waals surface area contributed by atoms with Gasteiger partial charge in [-0.2, -0.15) is 0 Å². The molecule has 2 nitrogen and oxygen atoms in total. The zero-order chi connectivity index (χ0) is 9.52. The van der Waals surface area contributed by atoms with Crippen molar-refractivity contribution in [3.8, 4) is 0 Å². The molecule has 0 amide bonds. The first kappa shape index (κ1) is 10.2. The number of hydrogen-bond donors (Lipinski definition) is 2. The normalized spacial score (nSPS) is 10.3. The Morgan fingerprint density at radius 2 is 2.15 bits per heavy atom. The van der Waals surface area contributed by atoms with Crippen LogP contribution in [0.4, 0.5) is 0 Å². The summed E-state index contributed by atoms with van der Waals surface area (Å²) in [6.07, 6.45) is 1.03. The number of aliphatic hydroxyl groups excluding tert-OH is 1. The van der Waals surface area contributed by atoms with Gasteiger partial charge in [-0.25, -0.2) is 0 Å². The molecule has 72 valence electrons. The lowest BCUT2D eigenvalue weighted by Gasteiger charge is -2.03. The average Bonchev–Trinajstić information content (AvgIpc) is 2.13. The van der Waals surface area contributed by atoms with Crippen LogP contribution in [0.25, 0.3) is 0 Å². The van der Waals surface area contributed by atoms with Crippen molar-refractivity contribution in [1.82, 2.24) is 5.32 Å². The highest BCUT2D eigenvalue weighted by Gasteiger charge is 1.92. The molecule has 0 unspecified atom stereocenters. The third-order valence-corrected chi connectivity index (χ3v) is 1.96. The zero-order valence-corrected chi connectivity index (χ0v) is 8.09. The lowest BCUT2D eigenvalue weighted by Crippen LogP contribution is -2.20. The van der Waals surface area contributed by atoms with E-state index in [0.717, 1.165) is 13.0 Å². The predicted molar refractivity (Wildman–Crippen MR) is 54.8 cm³/mol. The molecule has 1 aromatic carbocycles. The molecule has 0 aliphatic rings. The monoisotopic (exact) mass is 179 g/mol. The molecule has 0 fully saturated rings. The Hall–Kier alpha value is -0.860. The summed E-state index contributed by atoms with van der Waals surface area (Å²) in [5.41, 5.74) is 2.66. The van der Waals surface area contributed by atoms with Crippen LogP contribution in [0.15, 0.2) is 24.3 Å². The van der Waals surface area contributed by atoms with Crippen LogP contribution in [-0.4, -0.2) is 24.8 Å². The van der Waals surface area contributed by atoms with Gasteiger partial charge in [0.1, 0.15) is 0 Å². The van der Waals surface area contributed by atoms with E-state index in [1.165, 1.54) is 11.1 Å². The molecular weight excluding hydrogens is 162 g/mol. The van der Waals surface area contributed by atoms with Crippen molar-refractivity contribution in [1.29, 1.82) is 0 Å². The van der Waals surface area contributed by atoms with Crippen molar-refractivity contribution in [3.63, 3.8) is 0 Å². The lowest BCUT2D eigenvalue weighted by atomic mass is 10.1. The third-order valence-electron chi connectivity index (χ3n) is 1.96. The van der Waals surface area contributed by atoms with Gasteiger partial charge in [0, 0.05) is 6.54 Å². The van der Waals surface area contributed by atoms with Gasteiger partial charge >= 0.3 is 0 Å². The van der Waals surface area contributed by atoms with Crippen molar-refractivity contribution in [2.24, 2.45) is 0 Å². The van der Waals surface area contributed by atoms with Crippen LogP contribution in [0.1, 0.15) is 11.1 Å². The van der Waals surface area contributed by atoms with Gasteiger partial charge in [0.2, 0.25) is 0 Å². The quantitative estimate of drug-likeness (QED) is 0.664. The van der Waals surface area contributed by atoms with E-state index in [2.05, 4.69) is 36.5 Å². The Balaban J connectivity index is 2.28. The summed E-state index contributed by atoms with van der Waals surface area (Å²) in [6, 6.07) is 8.51. The Kier molecular flexibility index (Phi) is 4.50. The lowest BCUT2D eigenvalue weighted by molar-refractivity contribution is 0.293. The fraction of sp³-hybridized carbons (Fsp3) is 0.455. The Labute approximate surface area is 79.6 Å². The van der Waals surface area contributed by atoms with Gasteiger partial charge in [0.15, 0.2) is 0 Å². The highest BCUT2D eigenvalue weighted by molar-refractivity contribution is 5.22. The third kappa shape index (κ3) is 4.06. The molecule has 0 atom stereocenters. The Morgan fingerprint density at radius 1 is 1.31 bits per heavy atom. The second kappa shape index (κ2) is 5.73. The number of benzene rings is 1. The second-order valence-corrected chi connectivity index (χ2v) is 3.21. The van der Waals surface area contributed by atoms with Crippen LogP contribution in [-0.2, 0) is 6.42 Å². The molecule has 0 heterocycles. The molecule has 0 spiro atoms. The molecule has 0 aliphatic heterocycles. The van der Waals surface area contributed by atoms with Crippen LogP contribution in [0.3, 0.4) is 0 Å². The van der Waals surface area contributed by atoms with Crippen LogP contribution < -0.4 is 5.32 Å². The maximum atomic E-state index is 8.55. The van der Waals surface area contributed by atoms with Crippen LogP contribution in [0, 0.1) is 6.92 Å². The SMILES string of the molecule is Cc1cccc(CCNCCO)c1. The van der Waals surface area contributed by atoms with E-state index in [-0.39, 0.29) is 6.61 Å². The number of aliphatic hydroxyl groups is 1. The van der Waals surface area contributed by atoms with Gasteiger partial charge < -0.3 is 10.4 Å². The number of nitrogens with one attached hydrogen (secondary N) is 1. The smallest absolute Gasteiger partial charge is 0.0555 e. The molecule has 0 aromatic heterocycles. The van der Waals surface area contributed by atoms with Gasteiger partial charge in [-0.3, -0.25) is 0 Å². The standard InChI is InChI=1S/C11H17NO/c1-10-3-2-4-11(9-10)5-6-12-7-8-13/h2-4,9,12-13H,5-8H2,1H3. The summed E-state index contributed by atoms with van der Waals surface area (Å²) in [4.78, 5) is 0. The molecule has 1 rings (SSSR count). The van der Waals surface area contributed by atoms with Crippen LogP contribution in [0.2, 0.25) is 0 Å². The molecule has 2 heteroatoms. The molecular formula is C11H17NO. The van der Waals surface area contributed by atoms with Crippen LogP contribution >= 0.6 is 0 Å². The number of aryl methyl sites for hydroxylation is 1. The van der Waals surface area contributed by atoms with E-state index >= 15 is 0 Å². The first-order valence-electron chi connectivity index (χ1n) is 4.70. The van der Waals surface area contributed by atoms with Crippen molar-refractivity contribution in [2.75, 3.05) is 19.7 Å². The minimum Gasteiger partial charge on any atom is -0.395 e. The summed E-state index contributed by atoms with van der Waals surface area (Å²) < 4.78 is 0. The molecule has 13 heavy (non-hydrogen) atoms. The topological polar surface area (TPSA) is 32.3 Å². The van der Waals surface area contributed by atoms with Crippen molar-refractivity contribution in [3.05, 3.63) is 35.4 Å². The van der Waals surface area contributed by atoms with Gasteiger partial charge in [-0.05, 0) is 25.5 Å². The molecule has 1 aromatic rings. The van der Waals surface area contributed by atoms with E-state index in [4.69, 9.17) is 5.11 Å². The van der Waals surface area contributed by atoms with Gasteiger partial charge in [0.25, 0.3) is 0 Å². The largest absolute Gasteiger partial charge is 0.395 e. The highest BCUT2D eigenvalue weighted by Crippen LogP contribution is 2.03. The minimum absolute atomic E-state index is 0.216. The van der Waals surface area contributed by atoms with Gasteiger partial charge in [-0.15, -0.1) is 0 Å². The van der Waals surface area contributed by atoms with E-state index in [1.807, 2.05) is 0 Å². The first-order valence-corrected chi connectivity index (χ1v) is 4.70. The molecule has 0 saturated heterocycles. The zero-order valence-electron chi connectivity index (χ0n) is 8.09. The fourth-order valence-corrected chi connectivity index (χ4v) is 1.30. The maximum Gasteiger partial charge on any atom is 0.0555 e. The number of rotatable bonds is 5. The minimum atomic E-state index is 0.216. The molecule has 0 bridgehead atoms. The number of hydrogen-bond acceptors (Lipinski definition) is 2. The van der Waals surface area contributed by atoms with Crippen LogP contribution in [0.5, 0.6) is 0 Å². The molecule has 2 N–H and O–H groups in total. The predicted octanol–water partition coefficient (Wildman–Crippen LogP) is 1.12. The van der Waals surface area contributed by atoms with Crippen molar-refractivity contribution in [2.45, 2.75) is 13.3 Å². The van der Waals surface area contributed by atoms with Gasteiger partial charge in [-0.1, -0.05) is 29.8 Å². The van der Waals surface area contributed by atoms with Gasteiger partial charge in [0.05, 0.1) is 6.61 Å². The summed E-state index contributed by atoms with van der Waals surface area (Å²) in [5, 5.41) is 11.7. The molecule has 0 aliphatic carbocycles. The van der Waals surface area contributed by atoms with E-state index < -0.39 is 0 Å². The van der Waals surface area contributed by atoms with Crippen molar-refractivity contribution >= 4 is 0 Å². The second-order valence-electron chi connectivity index (χ2n) is 3.21. The molecule has 0 saturated carbocycles. The summed E-state index contributed by atoms with van der Waals surface area (Å²) in [5.74, 6) is 0. The first-order chi connectivity index (χ1) is 6.33. The highest BCUT2D eigenvalue weighted by atomic mass is 16.3. The Morgan fingerprint density at radius 3 is 2.85 bits per heavy atom. The molecule has 0 radical (unpaired) electrons. The van der Waals surface area contributed by atoms with E-state index in [1.54, 1.807) is 0 Å². The summed E-state index contributed by atoms with van der Waals surface area (Å²) >= 11 is 0. The maximum absolute atomic E-state index is 8.55. The average molecular weight is 179 g/mol. The fourth-order valence-electron chi connectivity index (χ4n) is 1.30. The van der Waals surface area contributed by atoms with E-state index in [0.29, 0.717) is 6.54 Å². The summed E-state index contributed by atoms with van der Waals surface area (Å²) in [6.45, 7) is 3.94.